The van der Waals surface area contributed by atoms with Gasteiger partial charge in [0.05, 0.1) is 18.9 Å². The molecule has 120 valence electrons. The van der Waals surface area contributed by atoms with Crippen molar-refractivity contribution in [2.75, 3.05) is 7.11 Å². The maximum atomic E-state index is 12.2. The van der Waals surface area contributed by atoms with E-state index in [-0.39, 0.29) is 5.91 Å². The van der Waals surface area contributed by atoms with Crippen molar-refractivity contribution in [2.45, 2.75) is 0 Å². The number of nitrogens with zero attached hydrogens (tertiary/aromatic N) is 1. The normalized spacial score (nSPS) is 10.9. The average Bonchev–Trinajstić information content (AvgIpc) is 2.62. The lowest BCUT2D eigenvalue weighted by Crippen LogP contribution is -2.18. The number of ether oxygens (including phenoxy) is 1. The zero-order valence-corrected chi connectivity index (χ0v) is 14.6. The fraction of sp³-hybridized carbons (Fsp3) is 0.0526. The Labute approximate surface area is 148 Å². The maximum Gasteiger partial charge on any atom is 0.272 e. The number of hydrogen-bond donors (Lipinski definition) is 1. The van der Waals surface area contributed by atoms with Crippen LogP contribution in [0.1, 0.15) is 15.9 Å². The van der Waals surface area contributed by atoms with E-state index in [9.17, 15) is 4.79 Å². The molecule has 0 atom stereocenters. The van der Waals surface area contributed by atoms with Crippen molar-refractivity contribution in [1.82, 2.24) is 5.43 Å². The van der Waals surface area contributed by atoms with Crippen molar-refractivity contribution in [1.29, 1.82) is 0 Å². The minimum Gasteiger partial charge on any atom is -0.496 e. The minimum absolute atomic E-state index is 0.280. The van der Waals surface area contributed by atoms with Crippen molar-refractivity contribution in [3.8, 4) is 5.75 Å². The Morgan fingerprint density at radius 3 is 2.62 bits per heavy atom. The molecule has 1 N–H and O–H groups in total. The monoisotopic (exact) mass is 382 g/mol. The quantitative estimate of drug-likeness (QED) is 0.537. The van der Waals surface area contributed by atoms with Gasteiger partial charge in [0, 0.05) is 10.0 Å². The SMILES string of the molecule is COc1ccc2ccccc2c1C=NNC(=O)c1ccccc1Br. The van der Waals surface area contributed by atoms with E-state index < -0.39 is 0 Å². The van der Waals surface area contributed by atoms with Gasteiger partial charge in [-0.15, -0.1) is 0 Å². The fourth-order valence-electron chi connectivity index (χ4n) is 2.45. The number of fused-ring (bicyclic) bond motifs is 1. The number of hydrazone groups is 1. The predicted molar refractivity (Wildman–Crippen MR) is 99.7 cm³/mol. The molecule has 0 aliphatic heterocycles. The van der Waals surface area contributed by atoms with Crippen molar-refractivity contribution in [3.63, 3.8) is 0 Å². The van der Waals surface area contributed by atoms with E-state index in [1.165, 1.54) is 0 Å². The highest BCUT2D eigenvalue weighted by Gasteiger charge is 2.09. The third kappa shape index (κ3) is 3.31. The van der Waals surface area contributed by atoms with Gasteiger partial charge in [-0.3, -0.25) is 4.79 Å². The minimum atomic E-state index is -0.280. The van der Waals surface area contributed by atoms with E-state index in [1.807, 2.05) is 48.5 Å². The largest absolute Gasteiger partial charge is 0.496 e. The second-order valence-corrected chi connectivity index (χ2v) is 5.94. The zero-order chi connectivity index (χ0) is 16.9. The van der Waals surface area contributed by atoms with Crippen LogP contribution in [0.3, 0.4) is 0 Å². The molecule has 0 heterocycles. The number of carbonyl (C=O) groups is 1. The molecule has 0 radical (unpaired) electrons. The summed E-state index contributed by atoms with van der Waals surface area (Å²) in [6.07, 6.45) is 1.61. The number of halogens is 1. The highest BCUT2D eigenvalue weighted by molar-refractivity contribution is 9.10. The summed E-state index contributed by atoms with van der Waals surface area (Å²) in [6, 6.07) is 19.0. The van der Waals surface area contributed by atoms with Gasteiger partial charge in [0.15, 0.2) is 0 Å². The molecule has 0 bridgehead atoms. The Morgan fingerprint density at radius 1 is 1.08 bits per heavy atom. The van der Waals surface area contributed by atoms with Crippen LogP contribution in [0.2, 0.25) is 0 Å². The molecule has 24 heavy (non-hydrogen) atoms. The van der Waals surface area contributed by atoms with E-state index in [0.717, 1.165) is 20.8 Å². The summed E-state index contributed by atoms with van der Waals surface area (Å²) in [7, 11) is 1.61. The molecule has 3 aromatic rings. The maximum absolute atomic E-state index is 12.2. The van der Waals surface area contributed by atoms with E-state index >= 15 is 0 Å². The van der Waals surface area contributed by atoms with Gasteiger partial charge in [0.2, 0.25) is 0 Å². The van der Waals surface area contributed by atoms with Crippen LogP contribution in [0.4, 0.5) is 0 Å². The predicted octanol–water partition coefficient (Wildman–Crippen LogP) is 4.37. The Morgan fingerprint density at radius 2 is 1.83 bits per heavy atom. The summed E-state index contributed by atoms with van der Waals surface area (Å²) in [5, 5.41) is 6.18. The molecule has 1 amide bonds. The lowest BCUT2D eigenvalue weighted by Gasteiger charge is -2.08. The van der Waals surface area contributed by atoms with Crippen LogP contribution in [0.25, 0.3) is 10.8 Å². The van der Waals surface area contributed by atoms with Crippen molar-refractivity contribution < 1.29 is 9.53 Å². The van der Waals surface area contributed by atoms with Crippen LogP contribution in [-0.2, 0) is 0 Å². The highest BCUT2D eigenvalue weighted by atomic mass is 79.9. The molecule has 0 aliphatic carbocycles. The lowest BCUT2D eigenvalue weighted by molar-refractivity contribution is 0.0954. The summed E-state index contributed by atoms with van der Waals surface area (Å²) < 4.78 is 6.13. The smallest absolute Gasteiger partial charge is 0.272 e. The van der Waals surface area contributed by atoms with Crippen molar-refractivity contribution >= 4 is 38.8 Å². The molecular weight excluding hydrogens is 368 g/mol. The molecule has 0 aromatic heterocycles. The number of carbonyl (C=O) groups excluding carboxylic acids is 1. The Kier molecular flexibility index (Phi) is 4.91. The molecule has 0 aliphatic rings. The molecule has 4 nitrogen and oxygen atoms in total. The van der Waals surface area contributed by atoms with E-state index in [4.69, 9.17) is 4.74 Å². The summed E-state index contributed by atoms with van der Waals surface area (Å²) in [4.78, 5) is 12.2. The molecule has 0 spiro atoms. The summed E-state index contributed by atoms with van der Waals surface area (Å²) >= 11 is 3.36. The van der Waals surface area contributed by atoms with Gasteiger partial charge in [0.25, 0.3) is 5.91 Å². The van der Waals surface area contributed by atoms with Gasteiger partial charge in [-0.05, 0) is 44.9 Å². The van der Waals surface area contributed by atoms with Crippen LogP contribution >= 0.6 is 15.9 Å². The first-order valence-electron chi connectivity index (χ1n) is 7.34. The van der Waals surface area contributed by atoms with Crippen LogP contribution in [0.5, 0.6) is 5.75 Å². The molecule has 3 rings (SSSR count). The van der Waals surface area contributed by atoms with Gasteiger partial charge < -0.3 is 4.74 Å². The third-order valence-corrected chi connectivity index (χ3v) is 4.32. The second kappa shape index (κ2) is 7.27. The van der Waals surface area contributed by atoms with Crippen molar-refractivity contribution in [3.05, 3.63) is 76.3 Å². The lowest BCUT2D eigenvalue weighted by atomic mass is 10.0. The van der Waals surface area contributed by atoms with Gasteiger partial charge in [-0.25, -0.2) is 5.43 Å². The molecule has 0 fully saturated rings. The van der Waals surface area contributed by atoms with Crippen LogP contribution in [-0.4, -0.2) is 19.2 Å². The number of amides is 1. The highest BCUT2D eigenvalue weighted by Crippen LogP contribution is 2.26. The van der Waals surface area contributed by atoms with Crippen molar-refractivity contribution in [2.24, 2.45) is 5.10 Å². The summed E-state index contributed by atoms with van der Waals surface area (Å²) in [5.74, 6) is 0.422. The van der Waals surface area contributed by atoms with E-state index in [0.29, 0.717) is 11.3 Å². The van der Waals surface area contributed by atoms with Gasteiger partial charge in [0.1, 0.15) is 5.75 Å². The van der Waals surface area contributed by atoms with E-state index in [1.54, 1.807) is 25.5 Å². The van der Waals surface area contributed by atoms with Crippen LogP contribution in [0.15, 0.2) is 70.2 Å². The number of rotatable bonds is 4. The molecule has 0 saturated carbocycles. The number of nitrogens with one attached hydrogen (secondary N) is 1. The summed E-state index contributed by atoms with van der Waals surface area (Å²) in [6.45, 7) is 0. The van der Waals surface area contributed by atoms with Crippen LogP contribution < -0.4 is 10.2 Å². The Hall–Kier alpha value is -2.66. The molecule has 3 aromatic carbocycles. The Balaban J connectivity index is 1.88. The standard InChI is InChI=1S/C19H15BrN2O2/c1-24-18-11-10-13-6-2-3-7-14(13)16(18)12-21-22-19(23)15-8-4-5-9-17(15)20/h2-12H,1H3,(H,22,23). The van der Waals surface area contributed by atoms with Gasteiger partial charge in [-0.1, -0.05) is 42.5 Å². The first-order valence-corrected chi connectivity index (χ1v) is 8.13. The molecular formula is C19H15BrN2O2. The van der Waals surface area contributed by atoms with Crippen LogP contribution in [0, 0.1) is 0 Å². The number of hydrogen-bond acceptors (Lipinski definition) is 3. The Bertz CT molecular complexity index is 922. The topological polar surface area (TPSA) is 50.7 Å². The molecule has 0 saturated heterocycles. The average molecular weight is 383 g/mol. The first kappa shape index (κ1) is 16.2. The van der Waals surface area contributed by atoms with Gasteiger partial charge in [-0.2, -0.15) is 5.10 Å². The fourth-order valence-corrected chi connectivity index (χ4v) is 2.91. The molecule has 5 heteroatoms. The van der Waals surface area contributed by atoms with E-state index in [2.05, 4.69) is 26.5 Å². The first-order chi connectivity index (χ1) is 11.7. The molecule has 0 unspecified atom stereocenters. The third-order valence-electron chi connectivity index (χ3n) is 3.63. The second-order valence-electron chi connectivity index (χ2n) is 5.08. The van der Waals surface area contributed by atoms with Gasteiger partial charge >= 0.3 is 0 Å². The number of benzene rings is 3. The zero-order valence-electron chi connectivity index (χ0n) is 13.0. The summed E-state index contributed by atoms with van der Waals surface area (Å²) in [5.41, 5.74) is 3.90. The number of methoxy groups -OCH3 is 1.